The molecule has 2 aliphatic heterocycles. The first-order valence-electron chi connectivity index (χ1n) is 8.20. The number of hydrogen-bond acceptors (Lipinski definition) is 4. The molecular formula is C19H16N2O3S. The number of amides is 1. The van der Waals surface area contributed by atoms with E-state index < -0.39 is 0 Å². The van der Waals surface area contributed by atoms with Gasteiger partial charge in [0.1, 0.15) is 6.04 Å². The summed E-state index contributed by atoms with van der Waals surface area (Å²) in [6, 6.07) is 13.6. The Labute approximate surface area is 149 Å². The molecule has 6 heteroatoms. The minimum Gasteiger partial charge on any atom is -0.454 e. The molecular weight excluding hydrogens is 336 g/mol. The van der Waals surface area contributed by atoms with Crippen LogP contribution in [-0.4, -0.2) is 28.7 Å². The second kappa shape index (κ2) is 5.67. The average Bonchev–Trinajstić information content (AvgIpc) is 3.40. The van der Waals surface area contributed by atoms with Crippen molar-refractivity contribution >= 4 is 17.2 Å². The Morgan fingerprint density at radius 3 is 2.88 bits per heavy atom. The molecule has 1 atom stereocenters. The number of fused-ring (bicyclic) bond motifs is 2. The van der Waals surface area contributed by atoms with E-state index in [1.165, 1.54) is 4.88 Å². The van der Waals surface area contributed by atoms with E-state index >= 15 is 0 Å². The Kier molecular flexibility index (Phi) is 3.31. The summed E-state index contributed by atoms with van der Waals surface area (Å²) in [6.45, 7) is 1.69. The molecule has 5 rings (SSSR count). The standard InChI is InChI=1S/C19H16N2O3S/c22-19(13-5-6-15-16(11-13)24-12-23-15)21-9-8-20-7-1-3-14(20)18(21)17-4-2-10-25-17/h1-7,10-11,18H,8-9,12H2. The first-order chi connectivity index (χ1) is 12.3. The molecule has 1 amide bonds. The van der Waals surface area contributed by atoms with Crippen molar-refractivity contribution in [3.63, 3.8) is 0 Å². The lowest BCUT2D eigenvalue weighted by molar-refractivity contribution is 0.0667. The van der Waals surface area contributed by atoms with Crippen LogP contribution in [0.25, 0.3) is 0 Å². The minimum absolute atomic E-state index is 0.0177. The largest absolute Gasteiger partial charge is 0.454 e. The summed E-state index contributed by atoms with van der Waals surface area (Å²) in [5.74, 6) is 1.35. The van der Waals surface area contributed by atoms with E-state index in [1.807, 2.05) is 29.2 Å². The molecule has 2 aliphatic rings. The van der Waals surface area contributed by atoms with Gasteiger partial charge in [0.05, 0.1) is 0 Å². The SMILES string of the molecule is O=C(c1ccc2c(c1)OCO2)N1CCn2cccc2C1c1cccs1. The predicted molar refractivity (Wildman–Crippen MR) is 94.2 cm³/mol. The number of carbonyl (C=O) groups excluding carboxylic acids is 1. The molecule has 1 unspecified atom stereocenters. The molecule has 3 aromatic rings. The fourth-order valence-electron chi connectivity index (χ4n) is 3.54. The van der Waals surface area contributed by atoms with Crippen LogP contribution in [0.2, 0.25) is 0 Å². The van der Waals surface area contributed by atoms with Crippen molar-refractivity contribution in [2.45, 2.75) is 12.6 Å². The zero-order valence-corrected chi connectivity index (χ0v) is 14.2. The summed E-state index contributed by atoms with van der Waals surface area (Å²) in [5, 5.41) is 2.06. The first kappa shape index (κ1) is 14.6. The third-order valence-electron chi connectivity index (χ3n) is 4.73. The molecule has 0 spiro atoms. The van der Waals surface area contributed by atoms with Crippen LogP contribution < -0.4 is 9.47 Å². The lowest BCUT2D eigenvalue weighted by Gasteiger charge is -2.36. The molecule has 126 valence electrons. The third kappa shape index (κ3) is 2.33. The highest BCUT2D eigenvalue weighted by Gasteiger charge is 2.33. The van der Waals surface area contributed by atoms with Gasteiger partial charge in [0.25, 0.3) is 5.91 Å². The Hall–Kier alpha value is -2.73. The quantitative estimate of drug-likeness (QED) is 0.709. The third-order valence-corrected chi connectivity index (χ3v) is 5.66. The van der Waals surface area contributed by atoms with Crippen molar-refractivity contribution in [2.24, 2.45) is 0 Å². The second-order valence-electron chi connectivity index (χ2n) is 6.11. The number of aromatic nitrogens is 1. The van der Waals surface area contributed by atoms with Crippen LogP contribution in [0.15, 0.2) is 54.0 Å². The summed E-state index contributed by atoms with van der Waals surface area (Å²) >= 11 is 1.68. The zero-order valence-electron chi connectivity index (χ0n) is 13.4. The van der Waals surface area contributed by atoms with Gasteiger partial charge in [-0.15, -0.1) is 11.3 Å². The summed E-state index contributed by atoms with van der Waals surface area (Å²) in [5.41, 5.74) is 1.79. The highest BCUT2D eigenvalue weighted by Crippen LogP contribution is 2.37. The fraction of sp³-hybridized carbons (Fsp3) is 0.211. The van der Waals surface area contributed by atoms with E-state index in [0.717, 1.165) is 12.2 Å². The average molecular weight is 352 g/mol. The Balaban J connectivity index is 1.55. The maximum atomic E-state index is 13.3. The molecule has 1 aromatic carbocycles. The smallest absolute Gasteiger partial charge is 0.254 e. The van der Waals surface area contributed by atoms with E-state index in [0.29, 0.717) is 23.6 Å². The first-order valence-corrected chi connectivity index (χ1v) is 9.08. The van der Waals surface area contributed by atoms with Gasteiger partial charge in [-0.05, 0) is 41.8 Å². The number of ether oxygens (including phenoxy) is 2. The molecule has 0 bridgehead atoms. The van der Waals surface area contributed by atoms with Crippen molar-refractivity contribution in [1.82, 2.24) is 9.47 Å². The van der Waals surface area contributed by atoms with Crippen LogP contribution in [0.3, 0.4) is 0 Å². The van der Waals surface area contributed by atoms with Crippen LogP contribution in [0, 0.1) is 0 Å². The van der Waals surface area contributed by atoms with Gasteiger partial charge in [-0.1, -0.05) is 6.07 Å². The predicted octanol–water partition coefficient (Wildman–Crippen LogP) is 3.52. The molecule has 0 saturated carbocycles. The monoisotopic (exact) mass is 352 g/mol. The van der Waals surface area contributed by atoms with E-state index in [1.54, 1.807) is 17.4 Å². The van der Waals surface area contributed by atoms with Crippen LogP contribution >= 0.6 is 11.3 Å². The number of carbonyl (C=O) groups is 1. The van der Waals surface area contributed by atoms with Gasteiger partial charge in [0, 0.05) is 35.4 Å². The summed E-state index contributed by atoms with van der Waals surface area (Å²) in [6.07, 6.45) is 2.08. The molecule has 25 heavy (non-hydrogen) atoms. The Morgan fingerprint density at radius 2 is 2.00 bits per heavy atom. The Morgan fingerprint density at radius 1 is 1.08 bits per heavy atom. The molecule has 4 heterocycles. The Bertz CT molecular complexity index is 932. The van der Waals surface area contributed by atoms with Crippen molar-refractivity contribution in [3.05, 3.63) is 70.2 Å². The van der Waals surface area contributed by atoms with Crippen molar-refractivity contribution in [3.8, 4) is 11.5 Å². The van der Waals surface area contributed by atoms with Gasteiger partial charge in [0.2, 0.25) is 6.79 Å². The van der Waals surface area contributed by atoms with E-state index in [-0.39, 0.29) is 18.7 Å². The lowest BCUT2D eigenvalue weighted by Crippen LogP contribution is -2.42. The number of hydrogen-bond donors (Lipinski definition) is 0. The van der Waals surface area contributed by atoms with Crippen LogP contribution in [0.4, 0.5) is 0 Å². The number of nitrogens with zero attached hydrogens (tertiary/aromatic N) is 2. The van der Waals surface area contributed by atoms with Gasteiger partial charge in [0.15, 0.2) is 11.5 Å². The van der Waals surface area contributed by atoms with Crippen molar-refractivity contribution in [2.75, 3.05) is 13.3 Å². The van der Waals surface area contributed by atoms with Crippen molar-refractivity contribution in [1.29, 1.82) is 0 Å². The molecule has 0 saturated heterocycles. The van der Waals surface area contributed by atoms with Crippen molar-refractivity contribution < 1.29 is 14.3 Å². The van der Waals surface area contributed by atoms with Gasteiger partial charge >= 0.3 is 0 Å². The highest BCUT2D eigenvalue weighted by molar-refractivity contribution is 7.10. The highest BCUT2D eigenvalue weighted by atomic mass is 32.1. The summed E-state index contributed by atoms with van der Waals surface area (Å²) in [4.78, 5) is 16.4. The van der Waals surface area contributed by atoms with Gasteiger partial charge in [-0.2, -0.15) is 0 Å². The van der Waals surface area contributed by atoms with Crippen LogP contribution in [0.1, 0.15) is 27.0 Å². The van der Waals surface area contributed by atoms with Gasteiger partial charge < -0.3 is 18.9 Å². The molecule has 2 aromatic heterocycles. The topological polar surface area (TPSA) is 43.7 Å². The maximum Gasteiger partial charge on any atom is 0.254 e. The minimum atomic E-state index is -0.0540. The van der Waals surface area contributed by atoms with E-state index in [9.17, 15) is 4.79 Å². The normalized spacial score (nSPS) is 18.2. The molecule has 5 nitrogen and oxygen atoms in total. The molecule has 0 radical (unpaired) electrons. The molecule has 0 N–H and O–H groups in total. The maximum absolute atomic E-state index is 13.3. The summed E-state index contributed by atoms with van der Waals surface area (Å²) < 4.78 is 13.0. The van der Waals surface area contributed by atoms with Gasteiger partial charge in [-0.3, -0.25) is 4.79 Å². The summed E-state index contributed by atoms with van der Waals surface area (Å²) in [7, 11) is 0. The van der Waals surface area contributed by atoms with Gasteiger partial charge in [-0.25, -0.2) is 0 Å². The second-order valence-corrected chi connectivity index (χ2v) is 7.09. The number of rotatable bonds is 2. The molecule has 0 fully saturated rings. The van der Waals surface area contributed by atoms with Crippen LogP contribution in [-0.2, 0) is 6.54 Å². The van der Waals surface area contributed by atoms with Crippen LogP contribution in [0.5, 0.6) is 11.5 Å². The fourth-order valence-corrected chi connectivity index (χ4v) is 4.39. The molecule has 0 aliphatic carbocycles. The number of benzene rings is 1. The van der Waals surface area contributed by atoms with E-state index in [2.05, 4.69) is 28.3 Å². The van der Waals surface area contributed by atoms with E-state index in [4.69, 9.17) is 9.47 Å². The number of thiophene rings is 1. The lowest BCUT2D eigenvalue weighted by atomic mass is 10.1. The zero-order chi connectivity index (χ0) is 16.8.